The van der Waals surface area contributed by atoms with Crippen molar-refractivity contribution in [2.24, 2.45) is 5.92 Å². The Morgan fingerprint density at radius 2 is 1.85 bits per heavy atom. The fraction of sp³-hybridized carbons (Fsp3) is 0.368. The van der Waals surface area contributed by atoms with Gasteiger partial charge in [0.15, 0.2) is 0 Å². The molecule has 1 aromatic heterocycles. The van der Waals surface area contributed by atoms with E-state index >= 15 is 0 Å². The molecule has 0 spiro atoms. The van der Waals surface area contributed by atoms with Crippen molar-refractivity contribution in [3.63, 3.8) is 0 Å². The Hall–Kier alpha value is -1.96. The first kappa shape index (κ1) is 19.8. The smallest absolute Gasteiger partial charge is 0.309 e. The van der Waals surface area contributed by atoms with E-state index in [1.807, 2.05) is 6.92 Å². The molecule has 0 amide bonds. The summed E-state index contributed by atoms with van der Waals surface area (Å²) in [6, 6.07) is 10.2. The summed E-state index contributed by atoms with van der Waals surface area (Å²) in [6.45, 7) is 2.65. The van der Waals surface area contributed by atoms with Gasteiger partial charge in [-0.05, 0) is 38.0 Å². The number of aryl methyl sites for hydroxylation is 1. The van der Waals surface area contributed by atoms with Crippen LogP contribution in [0.15, 0.2) is 47.5 Å². The normalized spacial score (nSPS) is 16.2. The zero-order chi connectivity index (χ0) is 19.4. The standard InChI is InChI=1S/C19H21ClN2O4S/c1-14-2-5-17(6-3-14)27(24,25)22-10-8-16(9-11-22)19(23)26-13-15-4-7-18(20)21-12-15/h2-7,12,16H,8-11,13H2,1H3. The SMILES string of the molecule is Cc1ccc(S(=O)(=O)N2CCC(C(=O)OCc3ccc(Cl)nc3)CC2)cc1. The van der Waals surface area contributed by atoms with Gasteiger partial charge in [0, 0.05) is 24.8 Å². The zero-order valence-corrected chi connectivity index (χ0v) is 16.5. The minimum atomic E-state index is -3.53. The molecule has 2 aromatic rings. The topological polar surface area (TPSA) is 76.6 Å². The van der Waals surface area contributed by atoms with E-state index in [1.54, 1.807) is 42.6 Å². The van der Waals surface area contributed by atoms with E-state index in [0.717, 1.165) is 11.1 Å². The molecular formula is C19H21ClN2O4S. The number of carbonyl (C=O) groups excluding carboxylic acids is 1. The van der Waals surface area contributed by atoms with Crippen LogP contribution in [0.1, 0.15) is 24.0 Å². The van der Waals surface area contributed by atoms with Crippen molar-refractivity contribution in [1.29, 1.82) is 0 Å². The Morgan fingerprint density at radius 3 is 2.44 bits per heavy atom. The van der Waals surface area contributed by atoms with Crippen LogP contribution in [-0.2, 0) is 26.2 Å². The van der Waals surface area contributed by atoms with Crippen molar-refractivity contribution >= 4 is 27.6 Å². The van der Waals surface area contributed by atoms with Gasteiger partial charge < -0.3 is 4.74 Å². The summed E-state index contributed by atoms with van der Waals surface area (Å²) in [4.78, 5) is 16.5. The molecule has 8 heteroatoms. The lowest BCUT2D eigenvalue weighted by atomic mass is 9.98. The number of nitrogens with zero attached hydrogens (tertiary/aromatic N) is 2. The van der Waals surface area contributed by atoms with Gasteiger partial charge in [-0.15, -0.1) is 0 Å². The first-order valence-electron chi connectivity index (χ1n) is 8.70. The lowest BCUT2D eigenvalue weighted by Gasteiger charge is -2.30. The maximum absolute atomic E-state index is 12.7. The Morgan fingerprint density at radius 1 is 1.19 bits per heavy atom. The summed E-state index contributed by atoms with van der Waals surface area (Å²) in [5.74, 6) is -0.605. The number of hydrogen-bond acceptors (Lipinski definition) is 5. The number of rotatable bonds is 5. The van der Waals surface area contributed by atoms with Gasteiger partial charge in [0.1, 0.15) is 11.8 Å². The van der Waals surface area contributed by atoms with Crippen LogP contribution in [0.3, 0.4) is 0 Å². The molecule has 0 N–H and O–H groups in total. The summed E-state index contributed by atoms with van der Waals surface area (Å²) >= 11 is 5.73. The van der Waals surface area contributed by atoms with Gasteiger partial charge >= 0.3 is 5.97 Å². The molecule has 0 bridgehead atoms. The van der Waals surface area contributed by atoms with Crippen LogP contribution >= 0.6 is 11.6 Å². The first-order chi connectivity index (χ1) is 12.9. The van der Waals surface area contributed by atoms with Crippen molar-refractivity contribution in [1.82, 2.24) is 9.29 Å². The second-order valence-electron chi connectivity index (χ2n) is 6.59. The number of ether oxygens (including phenoxy) is 1. The molecule has 3 rings (SSSR count). The van der Waals surface area contributed by atoms with Crippen molar-refractivity contribution in [3.05, 3.63) is 58.9 Å². The molecule has 0 aliphatic carbocycles. The van der Waals surface area contributed by atoms with Gasteiger partial charge in [-0.25, -0.2) is 13.4 Å². The second-order valence-corrected chi connectivity index (χ2v) is 8.91. The third-order valence-corrected chi connectivity index (χ3v) is 6.75. The average molecular weight is 409 g/mol. The molecule has 1 fully saturated rings. The fourth-order valence-corrected chi connectivity index (χ4v) is 4.54. The summed E-state index contributed by atoms with van der Waals surface area (Å²) < 4.78 is 32.2. The van der Waals surface area contributed by atoms with E-state index in [0.29, 0.717) is 31.1 Å². The van der Waals surface area contributed by atoms with Crippen LogP contribution in [0.5, 0.6) is 0 Å². The summed E-state index contributed by atoms with van der Waals surface area (Å²) in [5.41, 5.74) is 1.76. The van der Waals surface area contributed by atoms with Gasteiger partial charge in [-0.3, -0.25) is 4.79 Å². The number of sulfonamides is 1. The number of halogens is 1. The molecule has 0 atom stereocenters. The Balaban J connectivity index is 1.54. The van der Waals surface area contributed by atoms with E-state index in [2.05, 4.69) is 4.98 Å². The predicted molar refractivity (Wildman–Crippen MR) is 102 cm³/mol. The van der Waals surface area contributed by atoms with Crippen LogP contribution < -0.4 is 0 Å². The largest absolute Gasteiger partial charge is 0.461 e. The highest BCUT2D eigenvalue weighted by atomic mass is 35.5. The minimum Gasteiger partial charge on any atom is -0.461 e. The number of carbonyl (C=O) groups is 1. The van der Waals surface area contributed by atoms with Crippen LogP contribution in [0.25, 0.3) is 0 Å². The highest BCUT2D eigenvalue weighted by molar-refractivity contribution is 7.89. The van der Waals surface area contributed by atoms with E-state index in [4.69, 9.17) is 16.3 Å². The van der Waals surface area contributed by atoms with E-state index in [9.17, 15) is 13.2 Å². The van der Waals surface area contributed by atoms with Gasteiger partial charge in [0.2, 0.25) is 10.0 Å². The number of pyridine rings is 1. The molecule has 1 saturated heterocycles. The average Bonchev–Trinajstić information content (AvgIpc) is 2.68. The molecule has 0 unspecified atom stereocenters. The van der Waals surface area contributed by atoms with Crippen LogP contribution in [0.2, 0.25) is 5.15 Å². The summed E-state index contributed by atoms with van der Waals surface area (Å²) in [6.07, 6.45) is 2.46. The van der Waals surface area contributed by atoms with E-state index < -0.39 is 10.0 Å². The Kier molecular flexibility index (Phi) is 6.14. The molecular weight excluding hydrogens is 388 g/mol. The Labute approximate surface area is 164 Å². The molecule has 144 valence electrons. The fourth-order valence-electron chi connectivity index (χ4n) is 2.96. The number of piperidine rings is 1. The Bertz CT molecular complexity index is 890. The van der Waals surface area contributed by atoms with Crippen LogP contribution in [0.4, 0.5) is 0 Å². The molecule has 0 radical (unpaired) electrons. The van der Waals surface area contributed by atoms with E-state index in [1.165, 1.54) is 4.31 Å². The van der Waals surface area contributed by atoms with Gasteiger partial charge in [-0.1, -0.05) is 35.4 Å². The molecule has 1 aliphatic heterocycles. The molecule has 6 nitrogen and oxygen atoms in total. The number of esters is 1. The van der Waals surface area contributed by atoms with Crippen molar-refractivity contribution < 1.29 is 17.9 Å². The summed E-state index contributed by atoms with van der Waals surface area (Å²) in [7, 11) is -3.53. The van der Waals surface area contributed by atoms with Gasteiger partial charge in [-0.2, -0.15) is 4.31 Å². The summed E-state index contributed by atoms with van der Waals surface area (Å²) in [5, 5.41) is 0.382. The van der Waals surface area contributed by atoms with E-state index in [-0.39, 0.29) is 23.4 Å². The first-order valence-corrected chi connectivity index (χ1v) is 10.5. The molecule has 27 heavy (non-hydrogen) atoms. The van der Waals surface area contributed by atoms with Crippen molar-refractivity contribution in [3.8, 4) is 0 Å². The highest BCUT2D eigenvalue weighted by Gasteiger charge is 2.32. The predicted octanol–water partition coefficient (Wildman–Crippen LogP) is 3.19. The third kappa shape index (κ3) is 4.86. The van der Waals surface area contributed by atoms with Crippen LogP contribution in [-0.4, -0.2) is 36.8 Å². The van der Waals surface area contributed by atoms with Crippen molar-refractivity contribution in [2.45, 2.75) is 31.3 Å². The maximum Gasteiger partial charge on any atom is 0.309 e. The van der Waals surface area contributed by atoms with Gasteiger partial charge in [0.25, 0.3) is 0 Å². The maximum atomic E-state index is 12.7. The minimum absolute atomic E-state index is 0.130. The number of hydrogen-bond donors (Lipinski definition) is 0. The molecule has 1 aliphatic rings. The molecule has 1 aromatic carbocycles. The third-order valence-electron chi connectivity index (χ3n) is 4.62. The second kappa shape index (κ2) is 8.37. The highest BCUT2D eigenvalue weighted by Crippen LogP contribution is 2.25. The van der Waals surface area contributed by atoms with Gasteiger partial charge in [0.05, 0.1) is 10.8 Å². The number of aromatic nitrogens is 1. The number of benzene rings is 1. The van der Waals surface area contributed by atoms with Crippen molar-refractivity contribution in [2.75, 3.05) is 13.1 Å². The lowest BCUT2D eigenvalue weighted by molar-refractivity contribution is -0.151. The van der Waals surface area contributed by atoms with Crippen LogP contribution in [0, 0.1) is 12.8 Å². The quantitative estimate of drug-likeness (QED) is 0.561. The molecule has 2 heterocycles. The zero-order valence-electron chi connectivity index (χ0n) is 15.0. The monoisotopic (exact) mass is 408 g/mol. The lowest BCUT2D eigenvalue weighted by Crippen LogP contribution is -2.40. The molecule has 0 saturated carbocycles.